The van der Waals surface area contributed by atoms with Gasteiger partial charge < -0.3 is 10.1 Å². The summed E-state index contributed by atoms with van der Waals surface area (Å²) in [5, 5.41) is 7.62. The van der Waals surface area contributed by atoms with Crippen LogP contribution in [0.4, 0.5) is 4.39 Å². The van der Waals surface area contributed by atoms with Crippen LogP contribution in [0.25, 0.3) is 0 Å². The monoisotopic (exact) mass is 291 g/mol. The topological polar surface area (TPSA) is 39.1 Å². The van der Waals surface area contributed by atoms with Crippen molar-refractivity contribution in [2.24, 2.45) is 0 Å². The highest BCUT2D eigenvalue weighted by atomic mass is 19.1. The number of benzene rings is 1. The molecule has 0 aliphatic rings. The molecular weight excluding hydrogens is 269 g/mol. The van der Waals surface area contributed by atoms with E-state index in [1.165, 1.54) is 12.1 Å². The Morgan fingerprint density at radius 1 is 1.33 bits per heavy atom. The maximum absolute atomic E-state index is 13.3. The van der Waals surface area contributed by atoms with Crippen molar-refractivity contribution in [3.05, 3.63) is 47.5 Å². The lowest BCUT2D eigenvalue weighted by Gasteiger charge is -2.11. The van der Waals surface area contributed by atoms with Crippen LogP contribution in [0.5, 0.6) is 5.75 Å². The zero-order valence-corrected chi connectivity index (χ0v) is 12.8. The minimum Gasteiger partial charge on any atom is -0.487 e. The van der Waals surface area contributed by atoms with Crippen molar-refractivity contribution in [3.8, 4) is 5.75 Å². The van der Waals surface area contributed by atoms with Gasteiger partial charge in [0.25, 0.3) is 0 Å². The second-order valence-electron chi connectivity index (χ2n) is 5.20. The van der Waals surface area contributed by atoms with Crippen LogP contribution >= 0.6 is 0 Å². The molecule has 2 rings (SSSR count). The average Bonchev–Trinajstić information content (AvgIpc) is 2.93. The maximum atomic E-state index is 13.3. The summed E-state index contributed by atoms with van der Waals surface area (Å²) in [6, 6.07) is 6.85. The number of nitrogens with one attached hydrogen (secondary N) is 1. The quantitative estimate of drug-likeness (QED) is 0.851. The smallest absolute Gasteiger partial charge is 0.132 e. The highest BCUT2D eigenvalue weighted by Crippen LogP contribution is 2.21. The summed E-state index contributed by atoms with van der Waals surface area (Å²) >= 11 is 0. The Kier molecular flexibility index (Phi) is 5.33. The van der Waals surface area contributed by atoms with Crippen LogP contribution in [-0.4, -0.2) is 16.3 Å². The Labute approximate surface area is 124 Å². The normalized spacial score (nSPS) is 11.1. The lowest BCUT2D eigenvalue weighted by molar-refractivity contribution is 0.294. The average molecular weight is 291 g/mol. The van der Waals surface area contributed by atoms with Crippen LogP contribution in [0.2, 0.25) is 0 Å². The van der Waals surface area contributed by atoms with Gasteiger partial charge in [-0.15, -0.1) is 0 Å². The fourth-order valence-electron chi connectivity index (χ4n) is 1.98. The minimum atomic E-state index is -0.251. The molecule has 0 bridgehead atoms. The van der Waals surface area contributed by atoms with Gasteiger partial charge in [0, 0.05) is 24.3 Å². The second kappa shape index (κ2) is 7.22. The molecule has 1 aromatic heterocycles. The van der Waals surface area contributed by atoms with Crippen molar-refractivity contribution in [1.82, 2.24) is 15.1 Å². The van der Waals surface area contributed by atoms with Gasteiger partial charge in [0.1, 0.15) is 18.2 Å². The van der Waals surface area contributed by atoms with Gasteiger partial charge in [-0.2, -0.15) is 5.10 Å². The third-order valence-electron chi connectivity index (χ3n) is 3.16. The van der Waals surface area contributed by atoms with E-state index in [9.17, 15) is 4.39 Å². The van der Waals surface area contributed by atoms with E-state index in [0.717, 1.165) is 17.8 Å². The van der Waals surface area contributed by atoms with E-state index in [1.807, 2.05) is 23.9 Å². The van der Waals surface area contributed by atoms with Crippen molar-refractivity contribution < 1.29 is 9.13 Å². The molecule has 1 aromatic carbocycles. The molecule has 0 aliphatic heterocycles. The van der Waals surface area contributed by atoms with E-state index in [4.69, 9.17) is 4.74 Å². The van der Waals surface area contributed by atoms with Crippen molar-refractivity contribution in [3.63, 3.8) is 0 Å². The molecule has 4 nitrogen and oxygen atoms in total. The summed E-state index contributed by atoms with van der Waals surface area (Å²) in [6.07, 6.45) is 1.94. The van der Waals surface area contributed by atoms with E-state index < -0.39 is 0 Å². The first-order valence-electron chi connectivity index (χ1n) is 7.26. The summed E-state index contributed by atoms with van der Waals surface area (Å²) in [7, 11) is 0. The number of hydrogen-bond acceptors (Lipinski definition) is 3. The van der Waals surface area contributed by atoms with E-state index in [2.05, 4.69) is 24.3 Å². The van der Waals surface area contributed by atoms with Gasteiger partial charge in [-0.3, -0.25) is 4.68 Å². The van der Waals surface area contributed by atoms with E-state index in [-0.39, 0.29) is 5.82 Å². The predicted octanol–water partition coefficient (Wildman–Crippen LogP) is 3.29. The number of ether oxygens (including phenoxy) is 1. The van der Waals surface area contributed by atoms with Gasteiger partial charge in [-0.25, -0.2) is 4.39 Å². The first-order chi connectivity index (χ1) is 10.1. The molecule has 1 heterocycles. The first kappa shape index (κ1) is 15.5. The Balaban J connectivity index is 2.04. The Bertz CT molecular complexity index is 581. The molecule has 0 spiro atoms. The Morgan fingerprint density at radius 2 is 2.14 bits per heavy atom. The lowest BCUT2D eigenvalue weighted by Crippen LogP contribution is -2.13. The molecule has 0 amide bonds. The predicted molar refractivity (Wildman–Crippen MR) is 80.7 cm³/mol. The summed E-state index contributed by atoms with van der Waals surface area (Å²) in [5.74, 6) is 0.441. The molecule has 0 fully saturated rings. The van der Waals surface area contributed by atoms with Crippen LogP contribution in [0.1, 0.15) is 38.1 Å². The number of halogens is 1. The molecule has 0 radical (unpaired) electrons. The standard InChI is InChI=1S/C16H22FN3O/c1-4-18-10-13-9-14(17)5-6-16(13)21-11-15-7-8-20(19-15)12(2)3/h5-9,12,18H,4,10-11H2,1-3H3. The number of nitrogens with zero attached hydrogens (tertiary/aromatic N) is 2. The van der Waals surface area contributed by atoms with Crippen molar-refractivity contribution in [1.29, 1.82) is 0 Å². The molecule has 114 valence electrons. The largest absolute Gasteiger partial charge is 0.487 e. The molecule has 0 saturated heterocycles. The van der Waals surface area contributed by atoms with Crippen LogP contribution in [0.15, 0.2) is 30.5 Å². The van der Waals surface area contributed by atoms with Crippen LogP contribution in [0.3, 0.4) is 0 Å². The third-order valence-corrected chi connectivity index (χ3v) is 3.16. The van der Waals surface area contributed by atoms with Crippen LogP contribution < -0.4 is 10.1 Å². The van der Waals surface area contributed by atoms with Crippen LogP contribution in [0, 0.1) is 5.82 Å². The van der Waals surface area contributed by atoms with E-state index in [1.54, 1.807) is 6.07 Å². The van der Waals surface area contributed by atoms with Gasteiger partial charge in [0.15, 0.2) is 0 Å². The molecule has 2 aromatic rings. The van der Waals surface area contributed by atoms with Crippen molar-refractivity contribution in [2.45, 2.75) is 40.0 Å². The second-order valence-corrected chi connectivity index (χ2v) is 5.20. The van der Waals surface area contributed by atoms with Crippen LogP contribution in [-0.2, 0) is 13.2 Å². The zero-order chi connectivity index (χ0) is 15.2. The Morgan fingerprint density at radius 3 is 2.81 bits per heavy atom. The molecule has 1 N–H and O–H groups in total. The maximum Gasteiger partial charge on any atom is 0.132 e. The molecule has 0 atom stereocenters. The first-order valence-corrected chi connectivity index (χ1v) is 7.26. The third kappa shape index (κ3) is 4.29. The molecule has 5 heteroatoms. The zero-order valence-electron chi connectivity index (χ0n) is 12.8. The fraction of sp³-hybridized carbons (Fsp3) is 0.438. The number of aromatic nitrogens is 2. The minimum absolute atomic E-state index is 0.251. The molecule has 0 aliphatic carbocycles. The van der Waals surface area contributed by atoms with Gasteiger partial charge in [0.05, 0.1) is 5.69 Å². The van der Waals surface area contributed by atoms with Crippen molar-refractivity contribution in [2.75, 3.05) is 6.54 Å². The summed E-state index contributed by atoms with van der Waals surface area (Å²) < 4.78 is 21.0. The summed E-state index contributed by atoms with van der Waals surface area (Å²) in [5.41, 5.74) is 1.68. The highest BCUT2D eigenvalue weighted by molar-refractivity contribution is 5.34. The van der Waals surface area contributed by atoms with Gasteiger partial charge in [-0.1, -0.05) is 6.92 Å². The van der Waals surface area contributed by atoms with Gasteiger partial charge >= 0.3 is 0 Å². The SMILES string of the molecule is CCNCc1cc(F)ccc1OCc1ccn(C(C)C)n1. The van der Waals surface area contributed by atoms with E-state index in [0.29, 0.717) is 24.9 Å². The number of hydrogen-bond donors (Lipinski definition) is 1. The molecule has 0 unspecified atom stereocenters. The molecule has 0 saturated carbocycles. The highest BCUT2D eigenvalue weighted by Gasteiger charge is 2.07. The fourth-order valence-corrected chi connectivity index (χ4v) is 1.98. The van der Waals surface area contributed by atoms with E-state index >= 15 is 0 Å². The lowest BCUT2D eigenvalue weighted by atomic mass is 10.2. The van der Waals surface area contributed by atoms with Gasteiger partial charge in [0.2, 0.25) is 0 Å². The molecule has 21 heavy (non-hydrogen) atoms. The molecular formula is C16H22FN3O. The number of rotatable bonds is 7. The van der Waals surface area contributed by atoms with Gasteiger partial charge in [-0.05, 0) is 44.7 Å². The summed E-state index contributed by atoms with van der Waals surface area (Å²) in [4.78, 5) is 0. The summed E-state index contributed by atoms with van der Waals surface area (Å²) in [6.45, 7) is 7.96. The van der Waals surface area contributed by atoms with Crippen molar-refractivity contribution >= 4 is 0 Å². The Hall–Kier alpha value is -1.88.